The van der Waals surface area contributed by atoms with E-state index in [0.29, 0.717) is 18.7 Å². The van der Waals surface area contributed by atoms with Gasteiger partial charge in [-0.05, 0) is 64.3 Å². The van der Waals surface area contributed by atoms with E-state index in [0.717, 1.165) is 36.4 Å². The number of nitriles is 1. The first kappa shape index (κ1) is 28.3. The van der Waals surface area contributed by atoms with E-state index in [-0.39, 0.29) is 34.9 Å². The monoisotopic (exact) mass is 546 g/mol. The SMILES string of the molecule is CCOC(=O)C(C)(C)N(C)S(=O)(=O)c1ccc(NC2NN(C3(CC#N)CCCC3)C3CCNC(=O)C23)cc1. The van der Waals surface area contributed by atoms with Crippen LogP contribution in [0.4, 0.5) is 5.69 Å². The zero-order chi connectivity index (χ0) is 27.7. The van der Waals surface area contributed by atoms with E-state index in [1.54, 1.807) is 19.1 Å². The quantitative estimate of drug-likeness (QED) is 0.396. The summed E-state index contributed by atoms with van der Waals surface area (Å²) in [6, 6.07) is 8.59. The van der Waals surface area contributed by atoms with Crippen LogP contribution in [0.2, 0.25) is 0 Å². The van der Waals surface area contributed by atoms with Crippen molar-refractivity contribution < 1.29 is 22.7 Å². The molecule has 2 saturated heterocycles. The first-order chi connectivity index (χ1) is 18.0. The molecule has 2 aliphatic heterocycles. The maximum absolute atomic E-state index is 13.3. The normalized spacial score (nSPS) is 25.5. The summed E-state index contributed by atoms with van der Waals surface area (Å²) in [6.07, 6.45) is 4.71. The van der Waals surface area contributed by atoms with Gasteiger partial charge in [0.1, 0.15) is 11.7 Å². The molecule has 3 aliphatic rings. The summed E-state index contributed by atoms with van der Waals surface area (Å²) < 4.78 is 32.6. The minimum absolute atomic E-state index is 0.0360. The number of piperidine rings is 1. The van der Waals surface area contributed by atoms with Crippen molar-refractivity contribution in [1.29, 1.82) is 5.26 Å². The molecule has 4 rings (SSSR count). The van der Waals surface area contributed by atoms with Gasteiger partial charge in [0.2, 0.25) is 15.9 Å². The summed E-state index contributed by atoms with van der Waals surface area (Å²) >= 11 is 0. The molecule has 3 atom stereocenters. The molecule has 0 aromatic heterocycles. The number of rotatable bonds is 9. The number of hydrogen-bond acceptors (Lipinski definition) is 9. The largest absolute Gasteiger partial charge is 0.465 e. The van der Waals surface area contributed by atoms with E-state index >= 15 is 0 Å². The van der Waals surface area contributed by atoms with Crippen LogP contribution < -0.4 is 16.1 Å². The van der Waals surface area contributed by atoms with Crippen molar-refractivity contribution in [2.75, 3.05) is 25.5 Å². The molecule has 12 heteroatoms. The summed E-state index contributed by atoms with van der Waals surface area (Å²) in [5, 5.41) is 18.1. The summed E-state index contributed by atoms with van der Waals surface area (Å²) in [5.74, 6) is -1.03. The van der Waals surface area contributed by atoms with Gasteiger partial charge in [0.25, 0.3) is 0 Å². The highest BCUT2D eigenvalue weighted by atomic mass is 32.2. The molecule has 2 heterocycles. The summed E-state index contributed by atoms with van der Waals surface area (Å²) in [4.78, 5) is 25.3. The number of anilines is 1. The van der Waals surface area contributed by atoms with Crippen LogP contribution in [0.25, 0.3) is 0 Å². The van der Waals surface area contributed by atoms with Gasteiger partial charge in [-0.1, -0.05) is 12.8 Å². The average molecular weight is 547 g/mol. The molecule has 3 unspecified atom stereocenters. The third-order valence-electron chi connectivity index (χ3n) is 8.28. The number of benzene rings is 1. The molecule has 0 bridgehead atoms. The van der Waals surface area contributed by atoms with Gasteiger partial charge in [0, 0.05) is 30.9 Å². The number of carbonyl (C=O) groups excluding carboxylic acids is 2. The zero-order valence-corrected chi connectivity index (χ0v) is 23.3. The Morgan fingerprint density at radius 2 is 1.95 bits per heavy atom. The molecule has 1 saturated carbocycles. The third-order valence-corrected chi connectivity index (χ3v) is 10.3. The van der Waals surface area contributed by atoms with Crippen molar-refractivity contribution in [2.24, 2.45) is 5.92 Å². The molecular weight excluding hydrogens is 508 g/mol. The van der Waals surface area contributed by atoms with Crippen molar-refractivity contribution in [3.8, 4) is 6.07 Å². The highest BCUT2D eigenvalue weighted by Gasteiger charge is 2.55. The van der Waals surface area contributed by atoms with E-state index < -0.39 is 27.7 Å². The maximum Gasteiger partial charge on any atom is 0.327 e. The highest BCUT2D eigenvalue weighted by molar-refractivity contribution is 7.89. The number of carbonyl (C=O) groups is 2. The number of nitrogens with one attached hydrogen (secondary N) is 3. The Labute approximate surface area is 224 Å². The fraction of sp³-hybridized carbons (Fsp3) is 0.654. The molecule has 3 N–H and O–H groups in total. The average Bonchev–Trinajstić information content (AvgIpc) is 3.50. The number of hydrazine groups is 1. The van der Waals surface area contributed by atoms with E-state index in [2.05, 4.69) is 27.1 Å². The van der Waals surface area contributed by atoms with Gasteiger partial charge in [0.15, 0.2) is 0 Å². The van der Waals surface area contributed by atoms with Crippen LogP contribution in [0, 0.1) is 17.2 Å². The van der Waals surface area contributed by atoms with E-state index in [4.69, 9.17) is 4.74 Å². The second-order valence-electron chi connectivity index (χ2n) is 10.8. The topological polar surface area (TPSA) is 144 Å². The highest BCUT2D eigenvalue weighted by Crippen LogP contribution is 2.43. The first-order valence-electron chi connectivity index (χ1n) is 13.2. The predicted molar refractivity (Wildman–Crippen MR) is 141 cm³/mol. The second-order valence-corrected chi connectivity index (χ2v) is 12.8. The van der Waals surface area contributed by atoms with Crippen LogP contribution in [0.5, 0.6) is 0 Å². The van der Waals surface area contributed by atoms with Crippen LogP contribution in [-0.2, 0) is 24.3 Å². The Morgan fingerprint density at radius 1 is 1.29 bits per heavy atom. The number of amides is 1. The van der Waals surface area contributed by atoms with Crippen LogP contribution in [0.15, 0.2) is 29.2 Å². The molecule has 1 amide bonds. The molecule has 1 aromatic carbocycles. The maximum atomic E-state index is 13.3. The third kappa shape index (κ3) is 5.00. The number of sulfonamides is 1. The van der Waals surface area contributed by atoms with E-state index in [9.17, 15) is 23.3 Å². The lowest BCUT2D eigenvalue weighted by Gasteiger charge is -2.42. The molecule has 1 aliphatic carbocycles. The van der Waals surface area contributed by atoms with Crippen molar-refractivity contribution in [1.82, 2.24) is 20.1 Å². The van der Waals surface area contributed by atoms with Crippen molar-refractivity contribution in [3.63, 3.8) is 0 Å². The van der Waals surface area contributed by atoms with Crippen molar-refractivity contribution in [3.05, 3.63) is 24.3 Å². The lowest BCUT2D eigenvalue weighted by Crippen LogP contribution is -2.57. The van der Waals surface area contributed by atoms with Gasteiger partial charge in [-0.3, -0.25) is 9.59 Å². The fourth-order valence-electron chi connectivity index (χ4n) is 5.90. The molecule has 208 valence electrons. The molecule has 11 nitrogen and oxygen atoms in total. The van der Waals surface area contributed by atoms with Gasteiger partial charge < -0.3 is 15.4 Å². The van der Waals surface area contributed by atoms with Crippen LogP contribution in [-0.4, -0.2) is 73.1 Å². The van der Waals surface area contributed by atoms with Gasteiger partial charge in [-0.2, -0.15) is 9.57 Å². The van der Waals surface area contributed by atoms with Crippen LogP contribution >= 0.6 is 0 Å². The molecule has 0 radical (unpaired) electrons. The predicted octanol–water partition coefficient (Wildman–Crippen LogP) is 1.94. The number of fused-ring (bicyclic) bond motifs is 1. The molecule has 0 spiro atoms. The standard InChI is InChI=1S/C26H38N6O5S/c1-5-37-24(34)25(2,3)31(4)38(35,36)19-10-8-18(9-11-19)29-22-21-20(12-17-28-23(21)33)32(30-22)26(15-16-27)13-6-7-14-26/h8-11,20-22,29-30H,5-7,12-15,17H2,1-4H3,(H,28,33). The van der Waals surface area contributed by atoms with Gasteiger partial charge in [-0.25, -0.2) is 18.9 Å². The minimum Gasteiger partial charge on any atom is -0.465 e. The van der Waals surface area contributed by atoms with E-state index in [1.807, 2.05) is 0 Å². The zero-order valence-electron chi connectivity index (χ0n) is 22.5. The second kappa shape index (κ2) is 10.8. The Bertz CT molecular complexity index is 1190. The first-order valence-corrected chi connectivity index (χ1v) is 14.6. The number of likely N-dealkylation sites (N-methyl/N-ethyl adjacent to an activating group) is 1. The summed E-state index contributed by atoms with van der Waals surface area (Å²) in [7, 11) is -2.62. The fourth-order valence-corrected chi connectivity index (χ4v) is 7.37. The lowest BCUT2D eigenvalue weighted by molar-refractivity contribution is -0.152. The van der Waals surface area contributed by atoms with Gasteiger partial charge >= 0.3 is 5.97 Å². The number of hydrogen-bond donors (Lipinski definition) is 3. The van der Waals surface area contributed by atoms with E-state index in [1.165, 1.54) is 33.0 Å². The number of ether oxygens (including phenoxy) is 1. The Balaban J connectivity index is 1.54. The molecule has 3 fully saturated rings. The Hall–Kier alpha value is -2.72. The van der Waals surface area contributed by atoms with Crippen molar-refractivity contribution in [2.45, 2.75) is 87.5 Å². The van der Waals surface area contributed by atoms with Gasteiger partial charge in [-0.15, -0.1) is 0 Å². The molecular formula is C26H38N6O5S. The lowest BCUT2D eigenvalue weighted by atomic mass is 9.86. The molecule has 1 aromatic rings. The van der Waals surface area contributed by atoms with Crippen molar-refractivity contribution >= 4 is 27.6 Å². The molecule has 38 heavy (non-hydrogen) atoms. The summed E-state index contributed by atoms with van der Waals surface area (Å²) in [5.41, 5.74) is 2.49. The Morgan fingerprint density at radius 3 is 2.55 bits per heavy atom. The van der Waals surface area contributed by atoms with Crippen LogP contribution in [0.3, 0.4) is 0 Å². The van der Waals surface area contributed by atoms with Gasteiger partial charge in [0.05, 0.1) is 29.9 Å². The Kier molecular flexibility index (Phi) is 8.04. The van der Waals surface area contributed by atoms with Crippen LogP contribution in [0.1, 0.15) is 59.3 Å². The number of nitrogens with zero attached hydrogens (tertiary/aromatic N) is 3. The smallest absolute Gasteiger partial charge is 0.327 e. The minimum atomic E-state index is -3.98. The number of esters is 1. The summed E-state index contributed by atoms with van der Waals surface area (Å²) in [6.45, 7) is 5.43.